The number of benzene rings is 2. The van der Waals surface area contributed by atoms with Crippen LogP contribution in [0, 0.1) is 5.82 Å². The predicted molar refractivity (Wildman–Crippen MR) is 90.8 cm³/mol. The summed E-state index contributed by atoms with van der Waals surface area (Å²) in [6.45, 7) is 2.11. The first-order valence-electron chi connectivity index (χ1n) is 7.44. The van der Waals surface area contributed by atoms with E-state index in [2.05, 4.69) is 33.6 Å². The molecule has 3 aromatic rings. The fourth-order valence-corrected chi connectivity index (χ4v) is 2.26. The van der Waals surface area contributed by atoms with E-state index in [4.69, 9.17) is 0 Å². The van der Waals surface area contributed by atoms with Gasteiger partial charge in [0.25, 0.3) is 0 Å². The first-order chi connectivity index (χ1) is 11.2. The highest BCUT2D eigenvalue weighted by Crippen LogP contribution is 2.22. The van der Waals surface area contributed by atoms with Gasteiger partial charge in [-0.3, -0.25) is 0 Å². The third-order valence-electron chi connectivity index (χ3n) is 3.44. The van der Waals surface area contributed by atoms with Gasteiger partial charge in [-0.2, -0.15) is 0 Å². The molecule has 0 saturated carbocycles. The second-order valence-corrected chi connectivity index (χ2v) is 5.06. The molecule has 0 fully saturated rings. The van der Waals surface area contributed by atoms with Crippen LogP contribution in [0.25, 0.3) is 0 Å². The molecule has 5 heteroatoms. The van der Waals surface area contributed by atoms with E-state index in [0.717, 1.165) is 17.8 Å². The number of nitrogens with one attached hydrogen (secondary N) is 2. The fraction of sp³-hybridized carbons (Fsp3) is 0.111. The largest absolute Gasteiger partial charge is 0.340 e. The zero-order valence-electron chi connectivity index (χ0n) is 12.8. The molecule has 0 aliphatic heterocycles. The quantitative estimate of drug-likeness (QED) is 0.719. The Morgan fingerprint density at radius 2 is 1.61 bits per heavy atom. The van der Waals surface area contributed by atoms with Crippen molar-refractivity contribution in [1.29, 1.82) is 0 Å². The summed E-state index contributed by atoms with van der Waals surface area (Å²) in [5.41, 5.74) is 3.02. The number of halogens is 1. The molecule has 1 aromatic heterocycles. The van der Waals surface area contributed by atoms with Gasteiger partial charge in [0.05, 0.1) is 0 Å². The molecule has 0 bridgehead atoms. The lowest BCUT2D eigenvalue weighted by molar-refractivity contribution is 0.628. The molecule has 1 heterocycles. The Morgan fingerprint density at radius 1 is 0.913 bits per heavy atom. The molecule has 2 N–H and O–H groups in total. The van der Waals surface area contributed by atoms with Crippen molar-refractivity contribution >= 4 is 23.0 Å². The minimum absolute atomic E-state index is 0.267. The lowest BCUT2D eigenvalue weighted by Gasteiger charge is -2.11. The molecule has 0 spiro atoms. The monoisotopic (exact) mass is 308 g/mol. The average molecular weight is 308 g/mol. The van der Waals surface area contributed by atoms with Crippen LogP contribution >= 0.6 is 0 Å². The summed E-state index contributed by atoms with van der Waals surface area (Å²) in [7, 11) is 0. The third kappa shape index (κ3) is 3.83. The van der Waals surface area contributed by atoms with Crippen LogP contribution in [0.2, 0.25) is 0 Å². The molecular weight excluding hydrogens is 291 g/mol. The van der Waals surface area contributed by atoms with Crippen LogP contribution in [0.3, 0.4) is 0 Å². The molecule has 23 heavy (non-hydrogen) atoms. The van der Waals surface area contributed by atoms with Crippen LogP contribution in [0.5, 0.6) is 0 Å². The first kappa shape index (κ1) is 15.0. The Kier molecular flexibility index (Phi) is 4.47. The molecule has 0 aliphatic rings. The van der Waals surface area contributed by atoms with Gasteiger partial charge in [0.2, 0.25) is 0 Å². The molecule has 0 unspecified atom stereocenters. The maximum absolute atomic E-state index is 12.9. The van der Waals surface area contributed by atoms with Crippen molar-refractivity contribution in [2.24, 2.45) is 0 Å². The normalized spacial score (nSPS) is 10.3. The van der Waals surface area contributed by atoms with Crippen molar-refractivity contribution < 1.29 is 4.39 Å². The van der Waals surface area contributed by atoms with E-state index in [0.29, 0.717) is 11.6 Å². The van der Waals surface area contributed by atoms with Crippen molar-refractivity contribution in [3.05, 3.63) is 72.3 Å². The summed E-state index contributed by atoms with van der Waals surface area (Å²) in [4.78, 5) is 8.43. The summed E-state index contributed by atoms with van der Waals surface area (Å²) in [5, 5.41) is 6.44. The molecule has 0 amide bonds. The van der Waals surface area contributed by atoms with E-state index in [9.17, 15) is 4.39 Å². The Bertz CT molecular complexity index is 787. The minimum atomic E-state index is -0.267. The summed E-state index contributed by atoms with van der Waals surface area (Å²) in [6.07, 6.45) is 2.43. The number of aryl methyl sites for hydroxylation is 1. The van der Waals surface area contributed by atoms with Crippen LogP contribution in [0.4, 0.5) is 27.4 Å². The van der Waals surface area contributed by atoms with Crippen LogP contribution in [0.15, 0.2) is 60.9 Å². The average Bonchev–Trinajstić information content (AvgIpc) is 2.58. The van der Waals surface area contributed by atoms with Gasteiger partial charge in [-0.15, -0.1) is 0 Å². The van der Waals surface area contributed by atoms with Gasteiger partial charge in [0, 0.05) is 17.4 Å². The van der Waals surface area contributed by atoms with Crippen molar-refractivity contribution in [3.8, 4) is 0 Å². The zero-order chi connectivity index (χ0) is 16.1. The van der Waals surface area contributed by atoms with Crippen molar-refractivity contribution in [2.45, 2.75) is 13.3 Å². The Labute approximate surface area is 134 Å². The lowest BCUT2D eigenvalue weighted by atomic mass is 10.1. The lowest BCUT2D eigenvalue weighted by Crippen LogP contribution is -2.00. The summed E-state index contributed by atoms with van der Waals surface area (Å²) in [6, 6.07) is 16.1. The summed E-state index contributed by atoms with van der Waals surface area (Å²) < 4.78 is 12.9. The highest BCUT2D eigenvalue weighted by atomic mass is 19.1. The van der Waals surface area contributed by atoms with Crippen molar-refractivity contribution in [3.63, 3.8) is 0 Å². The van der Waals surface area contributed by atoms with Crippen LogP contribution in [-0.4, -0.2) is 9.97 Å². The molecular formula is C18H17FN4. The predicted octanol–water partition coefficient (Wildman–Crippen LogP) is 4.67. The standard InChI is InChI=1S/C18H17FN4/c1-2-13-5-3-4-6-16(13)23-18-11-17(20-12-21-18)22-15-9-7-14(19)8-10-15/h3-12H,2H2,1H3,(H2,20,21,22,23). The van der Waals surface area contributed by atoms with Gasteiger partial charge in [-0.05, 0) is 42.3 Å². The van der Waals surface area contributed by atoms with Crippen molar-refractivity contribution in [1.82, 2.24) is 9.97 Å². The smallest absolute Gasteiger partial charge is 0.135 e. The molecule has 116 valence electrons. The molecule has 0 saturated heterocycles. The third-order valence-corrected chi connectivity index (χ3v) is 3.44. The summed E-state index contributed by atoms with van der Waals surface area (Å²) >= 11 is 0. The maximum atomic E-state index is 12.9. The van der Waals surface area contributed by atoms with Crippen molar-refractivity contribution in [2.75, 3.05) is 10.6 Å². The highest BCUT2D eigenvalue weighted by molar-refractivity contribution is 5.64. The van der Waals surface area contributed by atoms with E-state index in [1.807, 2.05) is 24.3 Å². The topological polar surface area (TPSA) is 49.8 Å². The Balaban J connectivity index is 1.78. The van der Waals surface area contributed by atoms with Crippen LogP contribution in [-0.2, 0) is 6.42 Å². The van der Waals surface area contributed by atoms with Gasteiger partial charge >= 0.3 is 0 Å². The number of aromatic nitrogens is 2. The number of hydrogen-bond donors (Lipinski definition) is 2. The maximum Gasteiger partial charge on any atom is 0.135 e. The number of rotatable bonds is 5. The van der Waals surface area contributed by atoms with Gasteiger partial charge in [0.1, 0.15) is 23.8 Å². The van der Waals surface area contributed by atoms with Crippen LogP contribution < -0.4 is 10.6 Å². The molecule has 0 aliphatic carbocycles. The molecule has 4 nitrogen and oxygen atoms in total. The van der Waals surface area contributed by atoms with E-state index in [1.54, 1.807) is 12.1 Å². The SMILES string of the molecule is CCc1ccccc1Nc1cc(Nc2ccc(F)cc2)ncn1. The molecule has 2 aromatic carbocycles. The van der Waals surface area contributed by atoms with E-state index >= 15 is 0 Å². The van der Waals surface area contributed by atoms with Gasteiger partial charge in [-0.1, -0.05) is 25.1 Å². The van der Waals surface area contributed by atoms with E-state index < -0.39 is 0 Å². The molecule has 0 atom stereocenters. The highest BCUT2D eigenvalue weighted by Gasteiger charge is 2.03. The Hall–Kier alpha value is -2.95. The number of para-hydroxylation sites is 1. The summed E-state index contributed by atoms with van der Waals surface area (Å²) in [5.74, 6) is 1.07. The fourth-order valence-electron chi connectivity index (χ4n) is 2.26. The zero-order valence-corrected chi connectivity index (χ0v) is 12.8. The van der Waals surface area contributed by atoms with Gasteiger partial charge in [0.15, 0.2) is 0 Å². The second-order valence-electron chi connectivity index (χ2n) is 5.06. The van der Waals surface area contributed by atoms with E-state index in [-0.39, 0.29) is 5.82 Å². The number of nitrogens with zero attached hydrogens (tertiary/aromatic N) is 2. The number of hydrogen-bond acceptors (Lipinski definition) is 4. The first-order valence-corrected chi connectivity index (χ1v) is 7.44. The van der Waals surface area contributed by atoms with Gasteiger partial charge < -0.3 is 10.6 Å². The van der Waals surface area contributed by atoms with E-state index in [1.165, 1.54) is 24.0 Å². The number of anilines is 4. The van der Waals surface area contributed by atoms with Gasteiger partial charge in [-0.25, -0.2) is 14.4 Å². The van der Waals surface area contributed by atoms with Crippen LogP contribution in [0.1, 0.15) is 12.5 Å². The minimum Gasteiger partial charge on any atom is -0.340 e. The molecule has 0 radical (unpaired) electrons. The second kappa shape index (κ2) is 6.87. The Morgan fingerprint density at radius 3 is 2.35 bits per heavy atom. The molecule has 3 rings (SSSR count).